The van der Waals surface area contributed by atoms with Crippen molar-refractivity contribution in [2.75, 3.05) is 0 Å². The Morgan fingerprint density at radius 2 is 1.14 bits per heavy atom. The summed E-state index contributed by atoms with van der Waals surface area (Å²) in [5.74, 6) is 0. The molecule has 0 spiro atoms. The molecule has 0 bridgehead atoms. The first kappa shape index (κ1) is 15.6. The summed E-state index contributed by atoms with van der Waals surface area (Å²) < 4.78 is 34.1. The Morgan fingerprint density at radius 3 is 1.14 bits per heavy atom. The van der Waals surface area contributed by atoms with E-state index in [1.165, 1.54) is 0 Å². The zero-order valence-corrected chi connectivity index (χ0v) is 6.53. The molecule has 0 saturated heterocycles. The van der Waals surface area contributed by atoms with Crippen LogP contribution in [-0.4, -0.2) is 17.5 Å². The van der Waals surface area contributed by atoms with E-state index in [0.29, 0.717) is 0 Å². The fourth-order valence-electron chi connectivity index (χ4n) is 0. The molecule has 0 rings (SSSR count). The molecule has 0 aromatic carbocycles. The molecule has 0 N–H and O–H groups in total. The third-order valence-electron chi connectivity index (χ3n) is 0. The summed E-state index contributed by atoms with van der Waals surface area (Å²) in [5.41, 5.74) is 0. The van der Waals surface area contributed by atoms with Gasteiger partial charge >= 0.3 is 19.5 Å². The summed E-state index contributed by atoms with van der Waals surface area (Å²) in [7, 11) is -5.17. The first-order valence-corrected chi connectivity index (χ1v) is 2.00. The van der Waals surface area contributed by atoms with Gasteiger partial charge in [0.05, 0.1) is 0 Å². The molecular weight excluding hydrogens is 173 g/mol. The Kier molecular flexibility index (Phi) is 10.4. The summed E-state index contributed by atoms with van der Waals surface area (Å²) in [5, 5.41) is 0. The predicted octanol–water partition coefficient (Wildman–Crippen LogP) is -0.704. The maximum Gasteiger partial charge on any atom is 2.00 e. The zero-order valence-electron chi connectivity index (χ0n) is 2.75. The Hall–Kier alpha value is 0.493. The molecule has 0 aliphatic carbocycles. The standard InChI is InChI=1S/CH4.H2O4S.Zn/c;1-5(2,3)4;/h1H4;(H2,1,2,3,4);/q;;+2/p-2. The minimum absolute atomic E-state index is 0. The van der Waals surface area contributed by atoms with Crippen molar-refractivity contribution in [3.63, 3.8) is 0 Å². The SMILES string of the molecule is C.O=S(=O)([O-])[O-].[Zn+2]. The number of hydrogen-bond donors (Lipinski definition) is 0. The molecule has 40 valence electrons. The van der Waals surface area contributed by atoms with Crippen molar-refractivity contribution in [1.29, 1.82) is 0 Å². The molecule has 0 aromatic rings. The van der Waals surface area contributed by atoms with Gasteiger partial charge in [0.1, 0.15) is 0 Å². The molecule has 0 radical (unpaired) electrons. The van der Waals surface area contributed by atoms with E-state index >= 15 is 0 Å². The Balaban J connectivity index is -0.0000000800. The van der Waals surface area contributed by atoms with Gasteiger partial charge in [-0.15, -0.1) is 0 Å². The van der Waals surface area contributed by atoms with Gasteiger partial charge in [-0.05, 0) is 0 Å². The van der Waals surface area contributed by atoms with Crippen LogP contribution < -0.4 is 0 Å². The molecule has 0 fully saturated rings. The van der Waals surface area contributed by atoms with Crippen LogP contribution in [0.15, 0.2) is 0 Å². The predicted molar refractivity (Wildman–Crippen MR) is 17.2 cm³/mol. The summed E-state index contributed by atoms with van der Waals surface area (Å²) in [4.78, 5) is 0. The van der Waals surface area contributed by atoms with Crippen LogP contribution in [0.2, 0.25) is 0 Å². The quantitative estimate of drug-likeness (QED) is 0.278. The van der Waals surface area contributed by atoms with E-state index in [0.717, 1.165) is 0 Å². The molecule has 0 amide bonds. The maximum absolute atomic E-state index is 8.52. The summed E-state index contributed by atoms with van der Waals surface area (Å²) in [6.07, 6.45) is 0. The average Bonchev–Trinajstić information content (AvgIpc) is 0.722. The number of hydrogen-bond acceptors (Lipinski definition) is 4. The van der Waals surface area contributed by atoms with Gasteiger partial charge in [0.25, 0.3) is 0 Å². The normalized spacial score (nSPS) is 8.29. The maximum atomic E-state index is 8.52. The molecule has 0 heterocycles. The smallest absolute Gasteiger partial charge is 0.759 e. The van der Waals surface area contributed by atoms with Gasteiger partial charge in [-0.1, -0.05) is 7.43 Å². The summed E-state index contributed by atoms with van der Waals surface area (Å²) in [6, 6.07) is 0. The van der Waals surface area contributed by atoms with Gasteiger partial charge in [-0.2, -0.15) is 0 Å². The second-order valence-electron chi connectivity index (χ2n) is 0.408. The van der Waals surface area contributed by atoms with Crippen molar-refractivity contribution in [2.24, 2.45) is 0 Å². The first-order chi connectivity index (χ1) is 2.00. The largest absolute Gasteiger partial charge is 2.00 e. The Bertz CT molecular complexity index is 94.9. The van der Waals surface area contributed by atoms with Crippen molar-refractivity contribution < 1.29 is 37.0 Å². The Morgan fingerprint density at radius 1 is 1.14 bits per heavy atom. The van der Waals surface area contributed by atoms with E-state index in [9.17, 15) is 0 Å². The summed E-state index contributed by atoms with van der Waals surface area (Å²) in [6.45, 7) is 0. The molecule has 0 aromatic heterocycles. The first-order valence-electron chi connectivity index (χ1n) is 0.667. The van der Waals surface area contributed by atoms with Gasteiger partial charge in [0.15, 0.2) is 0 Å². The van der Waals surface area contributed by atoms with Crippen molar-refractivity contribution in [1.82, 2.24) is 0 Å². The number of rotatable bonds is 0. The van der Waals surface area contributed by atoms with Crippen molar-refractivity contribution in [3.8, 4) is 0 Å². The Labute approximate surface area is 55.3 Å². The van der Waals surface area contributed by atoms with Gasteiger partial charge in [0.2, 0.25) is 0 Å². The fourth-order valence-corrected chi connectivity index (χ4v) is 0. The van der Waals surface area contributed by atoms with Crippen molar-refractivity contribution in [3.05, 3.63) is 0 Å². The van der Waals surface area contributed by atoms with Crippen LogP contribution in [-0.2, 0) is 29.9 Å². The molecule has 0 aliphatic rings. The van der Waals surface area contributed by atoms with Crippen LogP contribution in [0.4, 0.5) is 0 Å². The fraction of sp³-hybridized carbons (Fsp3) is 1.00. The van der Waals surface area contributed by atoms with E-state index in [-0.39, 0.29) is 26.9 Å². The summed E-state index contributed by atoms with van der Waals surface area (Å²) >= 11 is 0. The van der Waals surface area contributed by atoms with Crippen LogP contribution in [0.25, 0.3) is 0 Å². The molecule has 0 aliphatic heterocycles. The molecule has 6 heteroatoms. The molecule has 7 heavy (non-hydrogen) atoms. The van der Waals surface area contributed by atoms with Gasteiger partial charge in [0, 0.05) is 10.4 Å². The molecule has 0 saturated carbocycles. The van der Waals surface area contributed by atoms with E-state index in [2.05, 4.69) is 0 Å². The molecule has 0 unspecified atom stereocenters. The van der Waals surface area contributed by atoms with Gasteiger partial charge in [-0.3, -0.25) is 8.42 Å². The molecule has 4 nitrogen and oxygen atoms in total. The second kappa shape index (κ2) is 4.65. The molecule has 0 atom stereocenters. The monoisotopic (exact) mass is 176 g/mol. The minimum Gasteiger partial charge on any atom is -0.759 e. The molecular formula is CH4O4SZn. The van der Waals surface area contributed by atoms with Crippen LogP contribution in [0.1, 0.15) is 7.43 Å². The van der Waals surface area contributed by atoms with Crippen molar-refractivity contribution >= 4 is 10.4 Å². The van der Waals surface area contributed by atoms with Crippen LogP contribution in [0.3, 0.4) is 0 Å². The second-order valence-corrected chi connectivity index (χ2v) is 1.22. The van der Waals surface area contributed by atoms with E-state index in [1.54, 1.807) is 0 Å². The van der Waals surface area contributed by atoms with Gasteiger partial charge in [-0.25, -0.2) is 0 Å². The third-order valence-corrected chi connectivity index (χ3v) is 0. The van der Waals surface area contributed by atoms with Crippen LogP contribution in [0, 0.1) is 0 Å². The third kappa shape index (κ3) is 539. The van der Waals surface area contributed by atoms with Crippen LogP contribution >= 0.6 is 0 Å². The minimum atomic E-state index is -5.17. The average molecular weight is 177 g/mol. The topological polar surface area (TPSA) is 80.3 Å². The van der Waals surface area contributed by atoms with E-state index in [1.807, 2.05) is 0 Å². The van der Waals surface area contributed by atoms with Gasteiger partial charge < -0.3 is 9.11 Å². The van der Waals surface area contributed by atoms with Crippen molar-refractivity contribution in [2.45, 2.75) is 7.43 Å². The van der Waals surface area contributed by atoms with E-state index < -0.39 is 10.4 Å². The van der Waals surface area contributed by atoms with E-state index in [4.69, 9.17) is 17.5 Å². The zero-order chi connectivity index (χ0) is 4.50. The van der Waals surface area contributed by atoms with Crippen LogP contribution in [0.5, 0.6) is 0 Å².